The molecular weight excluding hydrogens is 288 g/mol. The topological polar surface area (TPSA) is 0 Å². The summed E-state index contributed by atoms with van der Waals surface area (Å²) in [5, 5.41) is 13.7. The van der Waals surface area contributed by atoms with Gasteiger partial charge in [0.2, 0.25) is 0 Å². The van der Waals surface area contributed by atoms with Crippen LogP contribution in [0.4, 0.5) is 0 Å². The molecule has 0 aromatic heterocycles. The van der Waals surface area contributed by atoms with Gasteiger partial charge < -0.3 is 0 Å². The zero-order chi connectivity index (χ0) is 15.7. The quantitative estimate of drug-likeness (QED) is 0.212. The first-order valence-corrected chi connectivity index (χ1v) is 8.39. The van der Waals surface area contributed by atoms with E-state index in [1.54, 1.807) is 0 Å². The van der Waals surface area contributed by atoms with Gasteiger partial charge in [0.15, 0.2) is 0 Å². The monoisotopic (exact) mass is 302 g/mol. The summed E-state index contributed by atoms with van der Waals surface area (Å²) in [7, 11) is 0. The largest absolute Gasteiger partial charge is 0.0616 e. The number of benzene rings is 7. The Kier molecular flexibility index (Phi) is 2.18. The van der Waals surface area contributed by atoms with Gasteiger partial charge in [-0.1, -0.05) is 84.9 Å². The number of fused-ring (bicyclic) bond motifs is 1. The molecule has 0 N–H and O–H groups in total. The first-order chi connectivity index (χ1) is 11.9. The molecule has 0 unspecified atom stereocenters. The molecule has 0 atom stereocenters. The molecule has 0 nitrogen and oxygen atoms in total. The van der Waals surface area contributed by atoms with Crippen LogP contribution in [-0.4, -0.2) is 0 Å². The van der Waals surface area contributed by atoms with Crippen LogP contribution in [0, 0.1) is 0 Å². The lowest BCUT2D eigenvalue weighted by Gasteiger charge is -2.18. The third-order valence-corrected chi connectivity index (χ3v) is 5.38. The molecule has 0 heterocycles. The molecule has 0 aliphatic carbocycles. The second-order valence-electron chi connectivity index (χ2n) is 6.55. The van der Waals surface area contributed by atoms with Gasteiger partial charge in [0, 0.05) is 0 Å². The van der Waals surface area contributed by atoms with Gasteiger partial charge in [-0.05, 0) is 53.9 Å². The van der Waals surface area contributed by atoms with E-state index in [-0.39, 0.29) is 0 Å². The molecule has 110 valence electrons. The summed E-state index contributed by atoms with van der Waals surface area (Å²) >= 11 is 0. The molecule has 0 radical (unpaired) electrons. The molecule has 24 heavy (non-hydrogen) atoms. The highest BCUT2D eigenvalue weighted by Gasteiger charge is 2.17. The van der Waals surface area contributed by atoms with Crippen LogP contribution in [0.5, 0.6) is 0 Å². The van der Waals surface area contributed by atoms with Gasteiger partial charge in [0.05, 0.1) is 0 Å². The highest BCUT2D eigenvalue weighted by molar-refractivity contribution is 6.43. The van der Waals surface area contributed by atoms with E-state index in [1.807, 2.05) is 0 Å². The normalized spacial score (nSPS) is 12.2. The molecule has 0 amide bonds. The third kappa shape index (κ3) is 1.35. The van der Waals surface area contributed by atoms with Crippen molar-refractivity contribution in [2.75, 3.05) is 0 Å². The van der Waals surface area contributed by atoms with E-state index in [1.165, 1.54) is 53.9 Å². The minimum Gasteiger partial charge on any atom is -0.0616 e. The highest BCUT2D eigenvalue weighted by atomic mass is 14.2. The van der Waals surface area contributed by atoms with Gasteiger partial charge in [0.25, 0.3) is 0 Å². The Morgan fingerprint density at radius 1 is 0.292 bits per heavy atom. The van der Waals surface area contributed by atoms with Crippen LogP contribution in [0.2, 0.25) is 0 Å². The maximum atomic E-state index is 2.30. The smallest absolute Gasteiger partial charge is 0.00139 e. The van der Waals surface area contributed by atoms with E-state index in [9.17, 15) is 0 Å². The zero-order valence-corrected chi connectivity index (χ0v) is 13.1. The molecule has 7 aromatic rings. The summed E-state index contributed by atoms with van der Waals surface area (Å²) in [4.78, 5) is 0. The van der Waals surface area contributed by atoms with Crippen LogP contribution < -0.4 is 0 Å². The van der Waals surface area contributed by atoms with Crippen LogP contribution in [0.15, 0.2) is 84.9 Å². The Bertz CT molecular complexity index is 1330. The Morgan fingerprint density at radius 2 is 0.750 bits per heavy atom. The average molecular weight is 302 g/mol. The number of hydrogen-bond donors (Lipinski definition) is 0. The molecule has 0 saturated carbocycles. The Hall–Kier alpha value is -3.12. The fraction of sp³-hybridized carbons (Fsp3) is 0. The van der Waals surface area contributed by atoms with Crippen molar-refractivity contribution >= 4 is 53.9 Å². The lowest BCUT2D eigenvalue weighted by atomic mass is 9.84. The summed E-state index contributed by atoms with van der Waals surface area (Å²) in [6, 6.07) is 31.0. The molecule has 7 aromatic carbocycles. The molecule has 0 spiro atoms. The van der Waals surface area contributed by atoms with Crippen LogP contribution in [0.1, 0.15) is 0 Å². The van der Waals surface area contributed by atoms with E-state index in [2.05, 4.69) is 84.9 Å². The molecule has 7 rings (SSSR count). The number of rotatable bonds is 0. The molecule has 0 aliphatic rings. The van der Waals surface area contributed by atoms with E-state index in [0.717, 1.165) is 0 Å². The van der Waals surface area contributed by atoms with Crippen LogP contribution >= 0.6 is 0 Å². The fourth-order valence-corrected chi connectivity index (χ4v) is 4.44. The summed E-state index contributed by atoms with van der Waals surface area (Å²) in [5.41, 5.74) is 0. The maximum Gasteiger partial charge on any atom is -0.00139 e. The van der Waals surface area contributed by atoms with Gasteiger partial charge in [-0.3, -0.25) is 0 Å². The second kappa shape index (κ2) is 4.24. The van der Waals surface area contributed by atoms with Gasteiger partial charge in [-0.25, -0.2) is 0 Å². The summed E-state index contributed by atoms with van der Waals surface area (Å²) < 4.78 is 0. The lowest BCUT2D eigenvalue weighted by Crippen LogP contribution is -1.90. The maximum absolute atomic E-state index is 2.30. The van der Waals surface area contributed by atoms with Gasteiger partial charge >= 0.3 is 0 Å². The number of hydrogen-bond acceptors (Lipinski definition) is 0. The van der Waals surface area contributed by atoms with Crippen molar-refractivity contribution < 1.29 is 0 Å². The van der Waals surface area contributed by atoms with Crippen molar-refractivity contribution in [1.29, 1.82) is 0 Å². The first kappa shape index (κ1) is 12.3. The van der Waals surface area contributed by atoms with Gasteiger partial charge in [-0.2, -0.15) is 0 Å². The summed E-state index contributed by atoms with van der Waals surface area (Å²) in [6.45, 7) is 0. The van der Waals surface area contributed by atoms with E-state index in [0.29, 0.717) is 0 Å². The Labute approximate surface area is 139 Å². The summed E-state index contributed by atoms with van der Waals surface area (Å²) in [6.07, 6.45) is 0. The van der Waals surface area contributed by atoms with E-state index < -0.39 is 0 Å². The predicted molar refractivity (Wildman–Crippen MR) is 105 cm³/mol. The highest BCUT2D eigenvalue weighted by Crippen LogP contribution is 2.46. The summed E-state index contributed by atoms with van der Waals surface area (Å²) in [5.74, 6) is 0. The Balaban J connectivity index is 2.12. The zero-order valence-electron chi connectivity index (χ0n) is 13.1. The van der Waals surface area contributed by atoms with Gasteiger partial charge in [0.1, 0.15) is 0 Å². The van der Waals surface area contributed by atoms with Crippen molar-refractivity contribution in [3.8, 4) is 0 Å². The minimum atomic E-state index is 1.31. The molecular formula is C24H14. The Morgan fingerprint density at radius 3 is 1.38 bits per heavy atom. The van der Waals surface area contributed by atoms with Crippen LogP contribution in [-0.2, 0) is 0 Å². The molecule has 0 fully saturated rings. The van der Waals surface area contributed by atoms with E-state index in [4.69, 9.17) is 0 Å². The van der Waals surface area contributed by atoms with Crippen LogP contribution in [0.25, 0.3) is 53.9 Å². The third-order valence-electron chi connectivity index (χ3n) is 5.38. The fourth-order valence-electron chi connectivity index (χ4n) is 4.44. The van der Waals surface area contributed by atoms with Crippen molar-refractivity contribution in [2.24, 2.45) is 0 Å². The average Bonchev–Trinajstić information content (AvgIpc) is 2.67. The molecule has 0 aliphatic heterocycles. The molecule has 0 heteroatoms. The van der Waals surface area contributed by atoms with Crippen molar-refractivity contribution in [1.82, 2.24) is 0 Å². The van der Waals surface area contributed by atoms with Crippen molar-refractivity contribution in [2.45, 2.75) is 0 Å². The van der Waals surface area contributed by atoms with E-state index >= 15 is 0 Å². The first-order valence-electron chi connectivity index (χ1n) is 8.39. The van der Waals surface area contributed by atoms with Gasteiger partial charge in [-0.15, -0.1) is 0 Å². The predicted octanol–water partition coefficient (Wildman–Crippen LogP) is 6.89. The van der Waals surface area contributed by atoms with Crippen LogP contribution in [0.3, 0.4) is 0 Å². The molecule has 0 saturated heterocycles. The SMILES string of the molecule is c1ccc2c(c1)ccc1c3c4ccccc4c(c4ccccc43)c21. The minimum absolute atomic E-state index is 1.31. The second-order valence-corrected chi connectivity index (χ2v) is 6.55. The van der Waals surface area contributed by atoms with Crippen molar-refractivity contribution in [3.05, 3.63) is 84.9 Å². The lowest BCUT2D eigenvalue weighted by molar-refractivity contribution is 1.78. The standard InChI is InChI=1S/C24H14/c1-2-8-16-15(7-1)13-14-21-22-17-9-3-5-11-19(17)24(23(16)21)20-12-6-4-10-18(20)22/h1-14H. The van der Waals surface area contributed by atoms with Crippen molar-refractivity contribution in [3.63, 3.8) is 0 Å². The molecule has 2 bridgehead atoms.